The molecule has 2 nitrogen and oxygen atoms in total. The maximum atomic E-state index is 10.3. The Bertz CT molecular complexity index is 618. The van der Waals surface area contributed by atoms with Crippen molar-refractivity contribution in [2.75, 3.05) is 0 Å². The molecule has 0 bridgehead atoms. The number of benzene rings is 1. The molecule has 1 aliphatic carbocycles. The third kappa shape index (κ3) is 2.90. The number of aliphatic hydroxyl groups is 1. The summed E-state index contributed by atoms with van der Waals surface area (Å²) in [6.07, 6.45) is 2.23. The Morgan fingerprint density at radius 1 is 1.35 bits per heavy atom. The van der Waals surface area contributed by atoms with E-state index in [9.17, 15) is 5.11 Å². The molecule has 0 radical (unpaired) electrons. The predicted octanol–water partition coefficient (Wildman–Crippen LogP) is 4.39. The van der Waals surface area contributed by atoms with Crippen molar-refractivity contribution >= 4 is 22.9 Å². The first-order chi connectivity index (χ1) is 9.43. The molecule has 0 fully saturated rings. The van der Waals surface area contributed by atoms with Crippen molar-refractivity contribution in [3.05, 3.63) is 50.4 Å². The number of hydrogen-bond acceptors (Lipinski definition) is 3. The molecule has 3 rings (SSSR count). The molecular weight excluding hydrogens is 290 g/mol. The third-order valence-corrected chi connectivity index (χ3v) is 5.19. The molecule has 0 amide bonds. The van der Waals surface area contributed by atoms with Gasteiger partial charge in [-0.3, -0.25) is 0 Å². The van der Waals surface area contributed by atoms with Gasteiger partial charge in [-0.1, -0.05) is 37.6 Å². The van der Waals surface area contributed by atoms with Crippen LogP contribution in [0.1, 0.15) is 47.5 Å². The topological polar surface area (TPSA) is 33.1 Å². The first-order valence-electron chi connectivity index (χ1n) is 6.84. The van der Waals surface area contributed by atoms with E-state index in [4.69, 9.17) is 16.6 Å². The molecule has 20 heavy (non-hydrogen) atoms. The van der Waals surface area contributed by atoms with E-state index in [1.807, 2.05) is 24.3 Å². The Kier molecular flexibility index (Phi) is 3.61. The molecule has 106 valence electrons. The second-order valence-electron chi connectivity index (χ2n) is 6.28. The third-order valence-electron chi connectivity index (χ3n) is 3.74. The Hall–Kier alpha value is -0.900. The van der Waals surface area contributed by atoms with Gasteiger partial charge in [-0.25, -0.2) is 4.98 Å². The zero-order chi connectivity index (χ0) is 14.3. The van der Waals surface area contributed by atoms with Gasteiger partial charge in [0.2, 0.25) is 0 Å². The van der Waals surface area contributed by atoms with Crippen LogP contribution in [0.4, 0.5) is 0 Å². The van der Waals surface area contributed by atoms with E-state index in [0.29, 0.717) is 0 Å². The highest BCUT2D eigenvalue weighted by Gasteiger charge is 2.33. The van der Waals surface area contributed by atoms with Crippen LogP contribution in [-0.4, -0.2) is 10.1 Å². The lowest BCUT2D eigenvalue weighted by molar-refractivity contribution is 0.102. The van der Waals surface area contributed by atoms with E-state index in [0.717, 1.165) is 39.9 Å². The van der Waals surface area contributed by atoms with Crippen LogP contribution in [0.2, 0.25) is 5.02 Å². The van der Waals surface area contributed by atoms with Crippen LogP contribution >= 0.6 is 22.9 Å². The summed E-state index contributed by atoms with van der Waals surface area (Å²) in [6.45, 7) is 4.38. The van der Waals surface area contributed by atoms with Gasteiger partial charge in [0.15, 0.2) is 0 Å². The lowest BCUT2D eigenvalue weighted by atomic mass is 9.77. The van der Waals surface area contributed by atoms with Gasteiger partial charge >= 0.3 is 0 Å². The van der Waals surface area contributed by atoms with E-state index in [-0.39, 0.29) is 11.5 Å². The van der Waals surface area contributed by atoms with Crippen LogP contribution in [0.3, 0.4) is 0 Å². The Balaban J connectivity index is 1.85. The molecule has 1 aromatic heterocycles. The van der Waals surface area contributed by atoms with Gasteiger partial charge in [-0.05, 0) is 36.0 Å². The highest BCUT2D eigenvalue weighted by atomic mass is 35.5. The van der Waals surface area contributed by atoms with Crippen molar-refractivity contribution in [1.82, 2.24) is 4.98 Å². The first kappa shape index (κ1) is 14.1. The number of thiazole rings is 1. The van der Waals surface area contributed by atoms with Gasteiger partial charge in [0.05, 0.1) is 21.7 Å². The van der Waals surface area contributed by atoms with Gasteiger partial charge < -0.3 is 5.11 Å². The van der Waals surface area contributed by atoms with Gasteiger partial charge in [-0.15, -0.1) is 11.3 Å². The molecule has 2 aromatic rings. The largest absolute Gasteiger partial charge is 0.387 e. The summed E-state index contributed by atoms with van der Waals surface area (Å²) in [5.74, 6) is 0. The van der Waals surface area contributed by atoms with E-state index in [2.05, 4.69) is 13.8 Å². The Labute approximate surface area is 128 Å². The first-order valence-corrected chi connectivity index (χ1v) is 8.03. The monoisotopic (exact) mass is 307 g/mol. The van der Waals surface area contributed by atoms with Crippen LogP contribution in [0.5, 0.6) is 0 Å². The Morgan fingerprint density at radius 2 is 2.05 bits per heavy atom. The number of hydrogen-bond donors (Lipinski definition) is 1. The summed E-state index contributed by atoms with van der Waals surface area (Å²) in [4.78, 5) is 5.80. The van der Waals surface area contributed by atoms with Crippen molar-refractivity contribution in [2.24, 2.45) is 5.41 Å². The summed E-state index contributed by atoms with van der Waals surface area (Å²) < 4.78 is 0. The lowest BCUT2D eigenvalue weighted by Gasteiger charge is -2.31. The van der Waals surface area contributed by atoms with Crippen molar-refractivity contribution in [3.8, 4) is 0 Å². The minimum absolute atomic E-state index is 0.137. The number of fused-ring (bicyclic) bond motifs is 1. The second-order valence-corrected chi connectivity index (χ2v) is 7.83. The molecular formula is C16H18ClNOS. The average Bonchev–Trinajstić information content (AvgIpc) is 2.73. The number of halogens is 1. The van der Waals surface area contributed by atoms with Crippen molar-refractivity contribution in [3.63, 3.8) is 0 Å². The zero-order valence-electron chi connectivity index (χ0n) is 11.7. The highest BCUT2D eigenvalue weighted by Crippen LogP contribution is 2.43. The van der Waals surface area contributed by atoms with Crippen LogP contribution in [0.25, 0.3) is 0 Å². The number of aromatic nitrogens is 1. The molecule has 1 aromatic carbocycles. The van der Waals surface area contributed by atoms with E-state index >= 15 is 0 Å². The normalized spacial score (nSPS) is 20.7. The van der Waals surface area contributed by atoms with Crippen molar-refractivity contribution < 1.29 is 5.11 Å². The lowest BCUT2D eigenvalue weighted by Crippen LogP contribution is -2.24. The maximum absolute atomic E-state index is 10.3. The number of aliphatic hydroxyl groups excluding tert-OH is 1. The van der Waals surface area contributed by atoms with Crippen molar-refractivity contribution in [1.29, 1.82) is 0 Å². The van der Waals surface area contributed by atoms with Gasteiger partial charge in [0, 0.05) is 11.4 Å². The molecule has 0 aliphatic heterocycles. The molecule has 0 saturated carbocycles. The van der Waals surface area contributed by atoms with Crippen molar-refractivity contribution in [2.45, 2.75) is 39.2 Å². The minimum atomic E-state index is -0.356. The molecule has 1 unspecified atom stereocenters. The zero-order valence-corrected chi connectivity index (χ0v) is 13.3. The fourth-order valence-corrected chi connectivity index (χ4v) is 4.02. The molecule has 4 heteroatoms. The quantitative estimate of drug-likeness (QED) is 0.892. The minimum Gasteiger partial charge on any atom is -0.387 e. The fourth-order valence-electron chi connectivity index (χ4n) is 2.80. The molecule has 1 aliphatic rings. The Morgan fingerprint density at radius 3 is 2.75 bits per heavy atom. The molecule has 0 spiro atoms. The second kappa shape index (κ2) is 5.14. The molecule has 1 N–H and O–H groups in total. The van der Waals surface area contributed by atoms with Crippen LogP contribution in [0, 0.1) is 5.41 Å². The number of nitrogens with zero attached hydrogens (tertiary/aromatic N) is 1. The SMILES string of the molecule is CC1(C)Cc2nc(Cc3ccc(Cl)cc3)sc2C(O)C1. The number of rotatable bonds is 2. The smallest absolute Gasteiger partial charge is 0.0975 e. The summed E-state index contributed by atoms with van der Waals surface area (Å²) in [5.41, 5.74) is 2.43. The van der Waals surface area contributed by atoms with Crippen LogP contribution < -0.4 is 0 Å². The molecule has 1 atom stereocenters. The highest BCUT2D eigenvalue weighted by molar-refractivity contribution is 7.11. The summed E-state index contributed by atoms with van der Waals surface area (Å²) in [6, 6.07) is 7.87. The van der Waals surface area contributed by atoms with Gasteiger partial charge in [0.1, 0.15) is 0 Å². The fraction of sp³-hybridized carbons (Fsp3) is 0.438. The van der Waals surface area contributed by atoms with Gasteiger partial charge in [0.25, 0.3) is 0 Å². The standard InChI is InChI=1S/C16H18ClNOS/c1-16(2)8-12-15(13(19)9-16)20-14(18-12)7-10-3-5-11(17)6-4-10/h3-6,13,19H,7-9H2,1-2H3. The maximum Gasteiger partial charge on any atom is 0.0975 e. The van der Waals surface area contributed by atoms with Crippen LogP contribution in [0.15, 0.2) is 24.3 Å². The average molecular weight is 308 g/mol. The van der Waals surface area contributed by atoms with Crippen LogP contribution in [-0.2, 0) is 12.8 Å². The van der Waals surface area contributed by atoms with E-state index in [1.165, 1.54) is 5.56 Å². The molecule has 1 heterocycles. The van der Waals surface area contributed by atoms with E-state index < -0.39 is 0 Å². The summed E-state index contributed by atoms with van der Waals surface area (Å²) in [5, 5.41) is 12.1. The molecule has 0 saturated heterocycles. The van der Waals surface area contributed by atoms with E-state index in [1.54, 1.807) is 11.3 Å². The summed E-state index contributed by atoms with van der Waals surface area (Å²) in [7, 11) is 0. The predicted molar refractivity (Wildman–Crippen MR) is 83.4 cm³/mol. The van der Waals surface area contributed by atoms with Gasteiger partial charge in [-0.2, -0.15) is 0 Å². The summed E-state index contributed by atoms with van der Waals surface area (Å²) >= 11 is 7.55.